The van der Waals surface area contributed by atoms with E-state index in [0.717, 1.165) is 11.5 Å². The van der Waals surface area contributed by atoms with Crippen LogP contribution < -0.4 is 5.32 Å². The molecule has 0 fully saturated rings. The molecule has 0 heterocycles. The summed E-state index contributed by atoms with van der Waals surface area (Å²) in [7, 11) is -1.73. The van der Waals surface area contributed by atoms with Crippen LogP contribution in [0.5, 0.6) is 0 Å². The van der Waals surface area contributed by atoms with Crippen LogP contribution in [0.4, 0.5) is 0 Å². The minimum absolute atomic E-state index is 0.0838. The van der Waals surface area contributed by atoms with Crippen molar-refractivity contribution < 1.29 is 13.2 Å². The fourth-order valence-electron chi connectivity index (χ4n) is 0.601. The Morgan fingerprint density at radius 2 is 2.08 bits per heavy atom. The number of nitrogens with one attached hydrogen (secondary N) is 1. The van der Waals surface area contributed by atoms with E-state index in [9.17, 15) is 13.2 Å². The van der Waals surface area contributed by atoms with Gasteiger partial charge in [-0.15, -0.1) is 0 Å². The number of hydrogen-bond donors (Lipinski definition) is 1. The van der Waals surface area contributed by atoms with Gasteiger partial charge in [0.2, 0.25) is 5.91 Å². The molecule has 1 N–H and O–H groups in total. The molecule has 0 saturated heterocycles. The first-order chi connectivity index (χ1) is 5.52. The Balaban J connectivity index is 4.24. The molecule has 0 bridgehead atoms. The van der Waals surface area contributed by atoms with Crippen LogP contribution in [0.15, 0.2) is 11.5 Å². The molecule has 70 valence electrons. The van der Waals surface area contributed by atoms with E-state index >= 15 is 0 Å². The Bertz CT molecular complexity index is 266. The van der Waals surface area contributed by atoms with Gasteiger partial charge in [0.1, 0.15) is 0 Å². The van der Waals surface area contributed by atoms with Crippen molar-refractivity contribution in [3.05, 3.63) is 11.5 Å². The third kappa shape index (κ3) is 4.90. The maximum absolute atomic E-state index is 11.0. The predicted octanol–water partition coefficient (Wildman–Crippen LogP) is 0.0709. The van der Waals surface area contributed by atoms with Crippen molar-refractivity contribution in [2.24, 2.45) is 0 Å². The Kier molecular flexibility index (Phi) is 4.58. The van der Waals surface area contributed by atoms with Crippen LogP contribution in [-0.2, 0) is 14.6 Å². The Morgan fingerprint density at radius 1 is 1.50 bits per heavy atom. The normalized spacial score (nSPS) is 11.8. The molecule has 0 aromatic heterocycles. The number of carbonyl (C=O) groups is 1. The molecule has 5 heteroatoms. The summed E-state index contributed by atoms with van der Waals surface area (Å²) in [6.07, 6.45) is 1.57. The summed E-state index contributed by atoms with van der Waals surface area (Å²) in [5.41, 5.74) is 0. The van der Waals surface area contributed by atoms with Gasteiger partial charge in [-0.1, -0.05) is 6.92 Å². The molecule has 0 saturated carbocycles. The predicted molar refractivity (Wildman–Crippen MR) is 47.3 cm³/mol. The molecular formula is C7H13NO3S. The van der Waals surface area contributed by atoms with Crippen molar-refractivity contribution in [1.82, 2.24) is 5.32 Å². The van der Waals surface area contributed by atoms with E-state index in [-0.39, 0.29) is 5.75 Å². The van der Waals surface area contributed by atoms with Crippen LogP contribution in [0, 0.1) is 0 Å². The minimum Gasteiger partial charge on any atom is -0.356 e. The molecule has 1 amide bonds. The molecule has 0 unspecified atom stereocenters. The SMILES string of the molecule is CCCS(=O)(=O)C=CC(=O)NC. The Morgan fingerprint density at radius 3 is 2.50 bits per heavy atom. The van der Waals surface area contributed by atoms with E-state index in [0.29, 0.717) is 6.42 Å². The van der Waals surface area contributed by atoms with Crippen molar-refractivity contribution in [3.63, 3.8) is 0 Å². The summed E-state index contributed by atoms with van der Waals surface area (Å²) < 4.78 is 22.0. The Hall–Kier alpha value is -0.840. The summed E-state index contributed by atoms with van der Waals surface area (Å²) in [5, 5.41) is 3.23. The summed E-state index contributed by atoms with van der Waals surface area (Å²) in [4.78, 5) is 10.6. The van der Waals surface area contributed by atoms with Gasteiger partial charge in [-0.3, -0.25) is 4.79 Å². The highest BCUT2D eigenvalue weighted by Crippen LogP contribution is 1.94. The minimum atomic E-state index is -3.18. The van der Waals surface area contributed by atoms with Gasteiger partial charge in [0.15, 0.2) is 9.84 Å². The average molecular weight is 191 g/mol. The van der Waals surface area contributed by atoms with Gasteiger partial charge in [0, 0.05) is 18.5 Å². The second-order valence-corrected chi connectivity index (χ2v) is 4.29. The molecule has 4 nitrogen and oxygen atoms in total. The lowest BCUT2D eigenvalue weighted by Gasteiger charge is -1.93. The molecule has 0 aromatic carbocycles. The highest BCUT2D eigenvalue weighted by molar-refractivity contribution is 7.94. The number of likely N-dealkylation sites (N-methyl/N-ethyl adjacent to an activating group) is 1. The Labute approximate surface area is 72.6 Å². The molecule has 12 heavy (non-hydrogen) atoms. The lowest BCUT2D eigenvalue weighted by molar-refractivity contribution is -0.116. The maximum atomic E-state index is 11.0. The second-order valence-electron chi connectivity index (χ2n) is 2.28. The number of amides is 1. The third-order valence-corrected chi connectivity index (χ3v) is 2.69. The van der Waals surface area contributed by atoms with Gasteiger partial charge in [-0.2, -0.15) is 0 Å². The standard InChI is InChI=1S/C7H13NO3S/c1-3-5-12(10,11)6-4-7(9)8-2/h4,6H,3,5H2,1-2H3,(H,8,9). The maximum Gasteiger partial charge on any atom is 0.244 e. The van der Waals surface area contributed by atoms with Gasteiger partial charge in [0.25, 0.3) is 0 Å². The van der Waals surface area contributed by atoms with Crippen LogP contribution >= 0.6 is 0 Å². The summed E-state index contributed by atoms with van der Waals surface area (Å²) in [5.74, 6) is -0.324. The van der Waals surface area contributed by atoms with E-state index in [1.54, 1.807) is 6.92 Å². The zero-order valence-electron chi connectivity index (χ0n) is 7.20. The number of hydrogen-bond acceptors (Lipinski definition) is 3. The lowest BCUT2D eigenvalue weighted by Crippen LogP contribution is -2.15. The highest BCUT2D eigenvalue weighted by Gasteiger charge is 2.03. The number of sulfone groups is 1. The number of carbonyl (C=O) groups excluding carboxylic acids is 1. The van der Waals surface area contributed by atoms with Gasteiger partial charge in [0.05, 0.1) is 5.75 Å². The van der Waals surface area contributed by atoms with Crippen molar-refractivity contribution in [3.8, 4) is 0 Å². The third-order valence-electron chi connectivity index (χ3n) is 1.16. The van der Waals surface area contributed by atoms with Crippen molar-refractivity contribution in [2.45, 2.75) is 13.3 Å². The monoisotopic (exact) mass is 191 g/mol. The quantitative estimate of drug-likeness (QED) is 0.640. The van der Waals surface area contributed by atoms with Crippen LogP contribution in [0.3, 0.4) is 0 Å². The van der Waals surface area contributed by atoms with Crippen LogP contribution in [0.25, 0.3) is 0 Å². The fourth-order valence-corrected chi connectivity index (χ4v) is 1.64. The van der Waals surface area contributed by atoms with Crippen LogP contribution in [-0.4, -0.2) is 27.1 Å². The molecule has 0 aromatic rings. The van der Waals surface area contributed by atoms with E-state index in [1.807, 2.05) is 0 Å². The van der Waals surface area contributed by atoms with Gasteiger partial charge in [-0.25, -0.2) is 8.42 Å². The van der Waals surface area contributed by atoms with Gasteiger partial charge in [-0.05, 0) is 6.42 Å². The molecule has 0 aliphatic carbocycles. The molecule has 0 atom stereocenters. The van der Waals surface area contributed by atoms with E-state index in [2.05, 4.69) is 5.32 Å². The van der Waals surface area contributed by atoms with Gasteiger partial charge < -0.3 is 5.32 Å². The molecular weight excluding hydrogens is 178 g/mol. The van der Waals surface area contributed by atoms with E-state index in [1.165, 1.54) is 7.05 Å². The molecule has 0 spiro atoms. The fraction of sp³-hybridized carbons (Fsp3) is 0.571. The average Bonchev–Trinajstić information content (AvgIpc) is 2.00. The number of rotatable bonds is 4. The molecule has 0 aliphatic heterocycles. The van der Waals surface area contributed by atoms with E-state index < -0.39 is 15.7 Å². The first-order valence-electron chi connectivity index (χ1n) is 3.64. The largest absolute Gasteiger partial charge is 0.356 e. The summed E-state index contributed by atoms with van der Waals surface area (Å²) in [6.45, 7) is 1.77. The first kappa shape index (κ1) is 11.2. The first-order valence-corrected chi connectivity index (χ1v) is 5.36. The second kappa shape index (κ2) is 4.92. The van der Waals surface area contributed by atoms with Crippen molar-refractivity contribution in [2.75, 3.05) is 12.8 Å². The summed E-state index contributed by atoms with van der Waals surface area (Å²) in [6, 6.07) is 0. The molecule has 0 radical (unpaired) electrons. The smallest absolute Gasteiger partial charge is 0.244 e. The van der Waals surface area contributed by atoms with Crippen LogP contribution in [0.1, 0.15) is 13.3 Å². The topological polar surface area (TPSA) is 63.2 Å². The molecule has 0 rings (SSSR count). The zero-order valence-corrected chi connectivity index (χ0v) is 8.02. The summed E-state index contributed by atoms with van der Waals surface area (Å²) >= 11 is 0. The lowest BCUT2D eigenvalue weighted by atomic mass is 10.6. The zero-order chi connectivity index (χ0) is 9.61. The van der Waals surface area contributed by atoms with E-state index in [4.69, 9.17) is 0 Å². The van der Waals surface area contributed by atoms with Crippen molar-refractivity contribution >= 4 is 15.7 Å². The van der Waals surface area contributed by atoms with Crippen molar-refractivity contribution in [1.29, 1.82) is 0 Å². The molecule has 0 aliphatic rings. The van der Waals surface area contributed by atoms with Crippen LogP contribution in [0.2, 0.25) is 0 Å². The highest BCUT2D eigenvalue weighted by atomic mass is 32.2. The van der Waals surface area contributed by atoms with Gasteiger partial charge >= 0.3 is 0 Å².